The van der Waals surface area contributed by atoms with Crippen molar-refractivity contribution >= 4 is 17.5 Å². The maximum Gasteiger partial charge on any atom is 0.251 e. The molecule has 5 heteroatoms. The van der Waals surface area contributed by atoms with Crippen LogP contribution in [0, 0.1) is 0 Å². The SMILES string of the molecule is C=CCN(CC=C)CC(=O)Nc1ccc(C(=O)NCCC)cc1. The van der Waals surface area contributed by atoms with E-state index in [1.165, 1.54) is 0 Å². The molecule has 0 radical (unpaired) electrons. The second-order valence-electron chi connectivity index (χ2n) is 5.15. The maximum absolute atomic E-state index is 12.0. The Bertz CT molecular complexity index is 528. The minimum atomic E-state index is -0.114. The molecular formula is C18H25N3O2. The van der Waals surface area contributed by atoms with E-state index in [9.17, 15) is 9.59 Å². The summed E-state index contributed by atoms with van der Waals surface area (Å²) in [4.78, 5) is 25.8. The zero-order valence-corrected chi connectivity index (χ0v) is 13.7. The average molecular weight is 315 g/mol. The van der Waals surface area contributed by atoms with Crippen molar-refractivity contribution in [3.63, 3.8) is 0 Å². The van der Waals surface area contributed by atoms with Gasteiger partial charge in [0.2, 0.25) is 5.91 Å². The average Bonchev–Trinajstić information content (AvgIpc) is 2.53. The third kappa shape index (κ3) is 6.93. The van der Waals surface area contributed by atoms with Gasteiger partial charge in [-0.15, -0.1) is 13.2 Å². The predicted octanol–water partition coefficient (Wildman–Crippen LogP) is 2.44. The van der Waals surface area contributed by atoms with Crippen LogP contribution in [0.1, 0.15) is 23.7 Å². The number of rotatable bonds is 10. The Hall–Kier alpha value is -2.40. The van der Waals surface area contributed by atoms with Gasteiger partial charge in [-0.3, -0.25) is 14.5 Å². The van der Waals surface area contributed by atoms with Gasteiger partial charge < -0.3 is 10.6 Å². The Kier molecular flexibility index (Phi) is 8.39. The molecule has 0 aliphatic rings. The smallest absolute Gasteiger partial charge is 0.251 e. The summed E-state index contributed by atoms with van der Waals surface area (Å²) in [5.74, 6) is -0.218. The van der Waals surface area contributed by atoms with Crippen LogP contribution in [0.2, 0.25) is 0 Å². The molecule has 2 N–H and O–H groups in total. The quantitative estimate of drug-likeness (QED) is 0.652. The molecule has 0 saturated carbocycles. The van der Waals surface area contributed by atoms with Gasteiger partial charge in [-0.1, -0.05) is 19.1 Å². The molecule has 23 heavy (non-hydrogen) atoms. The van der Waals surface area contributed by atoms with E-state index in [1.54, 1.807) is 36.4 Å². The molecule has 0 heterocycles. The first kappa shape index (κ1) is 18.6. The van der Waals surface area contributed by atoms with Crippen molar-refractivity contribution in [3.8, 4) is 0 Å². The van der Waals surface area contributed by atoms with Crippen LogP contribution in [-0.2, 0) is 4.79 Å². The van der Waals surface area contributed by atoms with Gasteiger partial charge in [0, 0.05) is 30.9 Å². The first-order chi connectivity index (χ1) is 11.1. The molecule has 124 valence electrons. The molecule has 5 nitrogen and oxygen atoms in total. The lowest BCUT2D eigenvalue weighted by molar-refractivity contribution is -0.117. The lowest BCUT2D eigenvalue weighted by Crippen LogP contribution is -2.33. The summed E-state index contributed by atoms with van der Waals surface area (Å²) in [6, 6.07) is 6.85. The van der Waals surface area contributed by atoms with E-state index < -0.39 is 0 Å². The minimum absolute atomic E-state index is 0.104. The molecule has 0 bridgehead atoms. The number of benzene rings is 1. The summed E-state index contributed by atoms with van der Waals surface area (Å²) in [5.41, 5.74) is 1.25. The normalized spacial score (nSPS) is 10.2. The molecular weight excluding hydrogens is 290 g/mol. The molecule has 0 saturated heterocycles. The molecule has 0 fully saturated rings. The van der Waals surface area contributed by atoms with Gasteiger partial charge in [0.15, 0.2) is 0 Å². The second kappa shape index (κ2) is 10.3. The molecule has 2 amide bonds. The van der Waals surface area contributed by atoms with Crippen molar-refractivity contribution in [3.05, 3.63) is 55.1 Å². The summed E-state index contributed by atoms with van der Waals surface area (Å²) in [7, 11) is 0. The molecule has 0 unspecified atom stereocenters. The fourth-order valence-electron chi connectivity index (χ4n) is 2.02. The van der Waals surface area contributed by atoms with Crippen LogP contribution >= 0.6 is 0 Å². The van der Waals surface area contributed by atoms with Crippen LogP contribution in [0.4, 0.5) is 5.69 Å². The van der Waals surface area contributed by atoms with Crippen molar-refractivity contribution in [2.24, 2.45) is 0 Å². The lowest BCUT2D eigenvalue weighted by atomic mass is 10.2. The Labute approximate surface area is 138 Å². The summed E-state index contributed by atoms with van der Waals surface area (Å²) in [6.07, 6.45) is 4.40. The van der Waals surface area contributed by atoms with Crippen LogP contribution in [0.3, 0.4) is 0 Å². The molecule has 1 aromatic carbocycles. The molecule has 0 spiro atoms. The van der Waals surface area contributed by atoms with E-state index in [1.807, 2.05) is 11.8 Å². The third-order valence-electron chi connectivity index (χ3n) is 3.11. The van der Waals surface area contributed by atoms with Gasteiger partial charge >= 0.3 is 0 Å². The van der Waals surface area contributed by atoms with Crippen LogP contribution in [0.15, 0.2) is 49.6 Å². The fourth-order valence-corrected chi connectivity index (χ4v) is 2.02. The highest BCUT2D eigenvalue weighted by molar-refractivity contribution is 5.96. The zero-order chi connectivity index (χ0) is 17.1. The number of hydrogen-bond acceptors (Lipinski definition) is 3. The lowest BCUT2D eigenvalue weighted by Gasteiger charge is -2.18. The van der Waals surface area contributed by atoms with Crippen molar-refractivity contribution in [2.45, 2.75) is 13.3 Å². The zero-order valence-electron chi connectivity index (χ0n) is 13.7. The van der Waals surface area contributed by atoms with Crippen molar-refractivity contribution < 1.29 is 9.59 Å². The molecule has 1 aromatic rings. The Balaban J connectivity index is 2.56. The fraction of sp³-hybridized carbons (Fsp3) is 0.333. The van der Waals surface area contributed by atoms with Crippen LogP contribution in [0.25, 0.3) is 0 Å². The van der Waals surface area contributed by atoms with Crippen molar-refractivity contribution in [1.29, 1.82) is 0 Å². The summed E-state index contributed by atoms with van der Waals surface area (Å²) in [5, 5.41) is 5.63. The Morgan fingerprint density at radius 3 is 2.26 bits per heavy atom. The van der Waals surface area contributed by atoms with Crippen molar-refractivity contribution in [1.82, 2.24) is 10.2 Å². The number of carbonyl (C=O) groups excluding carboxylic acids is 2. The monoisotopic (exact) mass is 315 g/mol. The molecule has 0 aliphatic heterocycles. The van der Waals surface area contributed by atoms with E-state index in [2.05, 4.69) is 23.8 Å². The van der Waals surface area contributed by atoms with Gasteiger partial charge in [0.25, 0.3) is 5.91 Å². The number of carbonyl (C=O) groups is 2. The minimum Gasteiger partial charge on any atom is -0.352 e. The number of hydrogen-bond donors (Lipinski definition) is 2. The van der Waals surface area contributed by atoms with E-state index >= 15 is 0 Å². The summed E-state index contributed by atoms with van der Waals surface area (Å²) >= 11 is 0. The second-order valence-corrected chi connectivity index (χ2v) is 5.15. The van der Waals surface area contributed by atoms with Gasteiger partial charge in [-0.25, -0.2) is 0 Å². The maximum atomic E-state index is 12.0. The molecule has 0 aromatic heterocycles. The van der Waals surface area contributed by atoms with E-state index in [-0.39, 0.29) is 18.4 Å². The number of nitrogens with one attached hydrogen (secondary N) is 2. The highest BCUT2D eigenvalue weighted by Crippen LogP contribution is 2.09. The van der Waals surface area contributed by atoms with Crippen LogP contribution < -0.4 is 10.6 Å². The summed E-state index contributed by atoms with van der Waals surface area (Å²) < 4.78 is 0. The van der Waals surface area contributed by atoms with Gasteiger partial charge in [0.1, 0.15) is 0 Å². The van der Waals surface area contributed by atoms with E-state index in [4.69, 9.17) is 0 Å². The van der Waals surface area contributed by atoms with E-state index in [0.717, 1.165) is 6.42 Å². The van der Waals surface area contributed by atoms with Gasteiger partial charge in [0.05, 0.1) is 6.54 Å². The first-order valence-corrected chi connectivity index (χ1v) is 7.73. The molecule has 0 atom stereocenters. The predicted molar refractivity (Wildman–Crippen MR) is 94.5 cm³/mol. The van der Waals surface area contributed by atoms with Crippen LogP contribution in [-0.4, -0.2) is 42.9 Å². The Morgan fingerprint density at radius 2 is 1.74 bits per heavy atom. The standard InChI is InChI=1S/C18H25N3O2/c1-4-11-19-18(23)15-7-9-16(10-8-15)20-17(22)14-21(12-5-2)13-6-3/h5-10H,2-4,11-14H2,1H3,(H,19,23)(H,20,22). The highest BCUT2D eigenvalue weighted by Gasteiger charge is 2.09. The van der Waals surface area contributed by atoms with Crippen LogP contribution in [0.5, 0.6) is 0 Å². The first-order valence-electron chi connectivity index (χ1n) is 7.73. The summed E-state index contributed by atoms with van der Waals surface area (Å²) in [6.45, 7) is 11.5. The third-order valence-corrected chi connectivity index (χ3v) is 3.11. The van der Waals surface area contributed by atoms with Crippen molar-refractivity contribution in [2.75, 3.05) is 31.5 Å². The highest BCUT2D eigenvalue weighted by atomic mass is 16.2. The number of amides is 2. The Morgan fingerprint density at radius 1 is 1.13 bits per heavy atom. The number of anilines is 1. The molecule has 1 rings (SSSR count). The van der Waals surface area contributed by atoms with Gasteiger partial charge in [-0.05, 0) is 30.7 Å². The molecule has 0 aliphatic carbocycles. The number of nitrogens with zero attached hydrogens (tertiary/aromatic N) is 1. The topological polar surface area (TPSA) is 61.4 Å². The largest absolute Gasteiger partial charge is 0.352 e. The van der Waals surface area contributed by atoms with Gasteiger partial charge in [-0.2, -0.15) is 0 Å². The van der Waals surface area contributed by atoms with E-state index in [0.29, 0.717) is 30.9 Å².